The number of rotatable bonds is 12. The molecule has 0 saturated carbocycles. The minimum Gasteiger partial charge on any atom is -0.355 e. The third-order valence-corrected chi connectivity index (χ3v) is 8.18. The van der Waals surface area contributed by atoms with Crippen molar-refractivity contribution in [2.24, 2.45) is 0 Å². The van der Waals surface area contributed by atoms with Crippen LogP contribution in [0, 0.1) is 6.92 Å². The second-order valence-corrected chi connectivity index (χ2v) is 11.5. The number of likely N-dealkylation sites (N-methyl/N-ethyl adjacent to an activating group) is 1. The van der Waals surface area contributed by atoms with E-state index in [4.69, 9.17) is 0 Å². The molecule has 2 aromatic carbocycles. The lowest BCUT2D eigenvalue weighted by atomic mass is 10.1. The maximum absolute atomic E-state index is 13.5. The lowest BCUT2D eigenvalue weighted by molar-refractivity contribution is -0.145. The molecule has 41 heavy (non-hydrogen) atoms. The summed E-state index contributed by atoms with van der Waals surface area (Å²) in [4.78, 5) is 46.7. The van der Waals surface area contributed by atoms with E-state index < -0.39 is 0 Å². The van der Waals surface area contributed by atoms with Crippen molar-refractivity contribution in [1.29, 1.82) is 0 Å². The van der Waals surface area contributed by atoms with Crippen molar-refractivity contribution in [1.82, 2.24) is 25.2 Å². The Morgan fingerprint density at radius 2 is 1.71 bits per heavy atom. The SMILES string of the molecule is CCCCCNC(=O)CN(CC(=O)N(C)N1Cc2ccccc2C1)c1ccc(-c2nc(C(=O)N(C)C)cs2)cc1C. The largest absolute Gasteiger partial charge is 0.355 e. The third-order valence-electron chi connectivity index (χ3n) is 7.29. The van der Waals surface area contributed by atoms with E-state index in [1.54, 1.807) is 31.5 Å². The lowest BCUT2D eigenvalue weighted by Crippen LogP contribution is -2.48. The molecule has 9 nitrogen and oxygen atoms in total. The number of nitrogens with zero attached hydrogens (tertiary/aromatic N) is 5. The summed E-state index contributed by atoms with van der Waals surface area (Å²) in [6.07, 6.45) is 3.07. The fraction of sp³-hybridized carbons (Fsp3) is 0.419. The van der Waals surface area contributed by atoms with Crippen LogP contribution >= 0.6 is 11.3 Å². The van der Waals surface area contributed by atoms with Gasteiger partial charge in [-0.05, 0) is 48.2 Å². The van der Waals surface area contributed by atoms with Crippen LogP contribution in [0.2, 0.25) is 0 Å². The number of carbonyl (C=O) groups excluding carboxylic acids is 3. The number of aryl methyl sites for hydroxylation is 1. The van der Waals surface area contributed by atoms with Crippen LogP contribution in [-0.2, 0) is 22.7 Å². The zero-order chi connectivity index (χ0) is 29.5. The average Bonchev–Trinajstić information content (AvgIpc) is 3.62. The van der Waals surface area contributed by atoms with Crippen molar-refractivity contribution < 1.29 is 14.4 Å². The predicted octanol–water partition coefficient (Wildman–Crippen LogP) is 4.32. The number of hydrogen-bond donors (Lipinski definition) is 1. The maximum Gasteiger partial charge on any atom is 0.272 e. The van der Waals surface area contributed by atoms with Gasteiger partial charge in [0.1, 0.15) is 10.7 Å². The molecule has 3 amide bonds. The van der Waals surface area contributed by atoms with E-state index >= 15 is 0 Å². The van der Waals surface area contributed by atoms with Gasteiger partial charge in [-0.3, -0.25) is 19.4 Å². The Balaban J connectivity index is 1.52. The quantitative estimate of drug-likeness (QED) is 0.323. The summed E-state index contributed by atoms with van der Waals surface area (Å²) < 4.78 is 0. The summed E-state index contributed by atoms with van der Waals surface area (Å²) in [5.41, 5.74) is 5.47. The first-order chi connectivity index (χ1) is 19.7. The molecule has 0 saturated heterocycles. The molecular formula is C31H40N6O3S. The normalized spacial score (nSPS) is 12.6. The molecule has 0 bridgehead atoms. The van der Waals surface area contributed by atoms with E-state index in [-0.39, 0.29) is 30.8 Å². The molecule has 1 aliphatic rings. The minimum absolute atomic E-state index is 0.0602. The van der Waals surface area contributed by atoms with Crippen LogP contribution in [0.25, 0.3) is 10.6 Å². The fourth-order valence-corrected chi connectivity index (χ4v) is 5.68. The van der Waals surface area contributed by atoms with Gasteiger partial charge in [-0.2, -0.15) is 0 Å². The molecule has 0 spiro atoms. The first-order valence-electron chi connectivity index (χ1n) is 14.1. The van der Waals surface area contributed by atoms with Gasteiger partial charge in [0.05, 0.1) is 13.1 Å². The molecule has 1 aliphatic heterocycles. The molecule has 218 valence electrons. The van der Waals surface area contributed by atoms with Gasteiger partial charge in [-0.25, -0.2) is 9.99 Å². The van der Waals surface area contributed by atoms with Crippen LogP contribution in [0.5, 0.6) is 0 Å². The van der Waals surface area contributed by atoms with Crippen LogP contribution in [0.1, 0.15) is 53.4 Å². The molecule has 0 fully saturated rings. The number of thiazole rings is 1. The van der Waals surface area contributed by atoms with Gasteiger partial charge < -0.3 is 15.1 Å². The number of amides is 3. The zero-order valence-corrected chi connectivity index (χ0v) is 25.5. The number of carbonyl (C=O) groups is 3. The Labute approximate surface area is 246 Å². The molecular weight excluding hydrogens is 536 g/mol. The number of hydrogen-bond acceptors (Lipinski definition) is 7. The fourth-order valence-electron chi connectivity index (χ4n) is 4.89. The summed E-state index contributed by atoms with van der Waals surface area (Å²) in [5.74, 6) is -0.340. The summed E-state index contributed by atoms with van der Waals surface area (Å²) >= 11 is 1.42. The third kappa shape index (κ3) is 7.51. The van der Waals surface area contributed by atoms with Crippen LogP contribution in [0.15, 0.2) is 47.8 Å². The Morgan fingerprint density at radius 1 is 1.00 bits per heavy atom. The molecule has 0 aliphatic carbocycles. The molecule has 0 radical (unpaired) electrons. The Morgan fingerprint density at radius 3 is 2.34 bits per heavy atom. The van der Waals surface area contributed by atoms with Crippen molar-refractivity contribution in [3.8, 4) is 10.6 Å². The van der Waals surface area contributed by atoms with Crippen molar-refractivity contribution in [2.75, 3.05) is 45.7 Å². The van der Waals surface area contributed by atoms with Gasteiger partial charge in [0, 0.05) is 57.4 Å². The van der Waals surface area contributed by atoms with Crippen molar-refractivity contribution >= 4 is 34.7 Å². The van der Waals surface area contributed by atoms with E-state index in [0.717, 1.165) is 41.1 Å². The van der Waals surface area contributed by atoms with Gasteiger partial charge in [-0.1, -0.05) is 44.0 Å². The summed E-state index contributed by atoms with van der Waals surface area (Å²) in [5, 5.41) is 9.22. The van der Waals surface area contributed by atoms with Crippen molar-refractivity contribution in [3.63, 3.8) is 0 Å². The molecule has 3 aromatic rings. The van der Waals surface area contributed by atoms with Crippen LogP contribution in [-0.4, -0.2) is 78.4 Å². The van der Waals surface area contributed by atoms with Crippen LogP contribution < -0.4 is 10.2 Å². The lowest BCUT2D eigenvalue weighted by Gasteiger charge is -2.32. The van der Waals surface area contributed by atoms with E-state index in [1.807, 2.05) is 47.2 Å². The second kappa shape index (κ2) is 13.7. The van der Waals surface area contributed by atoms with Crippen molar-refractivity contribution in [2.45, 2.75) is 46.2 Å². The predicted molar refractivity (Wildman–Crippen MR) is 164 cm³/mol. The zero-order valence-electron chi connectivity index (χ0n) is 24.6. The number of unbranched alkanes of at least 4 members (excludes halogenated alkanes) is 2. The number of anilines is 1. The van der Waals surface area contributed by atoms with E-state index in [0.29, 0.717) is 25.3 Å². The molecule has 1 aromatic heterocycles. The average molecular weight is 577 g/mol. The Hall–Kier alpha value is -3.76. The minimum atomic E-state index is -0.138. The number of nitrogens with one attached hydrogen (secondary N) is 1. The van der Waals surface area contributed by atoms with Gasteiger partial charge in [0.15, 0.2) is 0 Å². The first-order valence-corrected chi connectivity index (χ1v) is 14.9. The van der Waals surface area contributed by atoms with Gasteiger partial charge in [0.2, 0.25) is 5.91 Å². The van der Waals surface area contributed by atoms with Gasteiger partial charge in [0.25, 0.3) is 11.8 Å². The van der Waals surface area contributed by atoms with Gasteiger partial charge >= 0.3 is 0 Å². The van der Waals surface area contributed by atoms with E-state index in [2.05, 4.69) is 29.4 Å². The summed E-state index contributed by atoms with van der Waals surface area (Å²) in [6.45, 7) is 6.21. The highest BCUT2D eigenvalue weighted by molar-refractivity contribution is 7.13. The smallest absolute Gasteiger partial charge is 0.272 e. The summed E-state index contributed by atoms with van der Waals surface area (Å²) in [7, 11) is 5.20. The Kier molecular flexibility index (Phi) is 10.1. The van der Waals surface area contributed by atoms with Crippen LogP contribution in [0.4, 0.5) is 5.69 Å². The molecule has 10 heteroatoms. The number of hydrazine groups is 1. The highest BCUT2D eigenvalue weighted by Crippen LogP contribution is 2.30. The second-order valence-electron chi connectivity index (χ2n) is 10.7. The molecule has 0 unspecified atom stereocenters. The van der Waals surface area contributed by atoms with Gasteiger partial charge in [-0.15, -0.1) is 11.3 Å². The number of aromatic nitrogens is 1. The monoisotopic (exact) mass is 576 g/mol. The molecule has 2 heterocycles. The Bertz CT molecular complexity index is 1360. The van der Waals surface area contributed by atoms with E-state index in [9.17, 15) is 14.4 Å². The highest BCUT2D eigenvalue weighted by atomic mass is 32.1. The molecule has 4 rings (SSSR count). The molecule has 0 atom stereocenters. The standard InChI is InChI=1S/C31H40N6O3S/c1-6-7-10-15-32-28(38)19-36(20-29(39)35(5)37-17-24-11-8-9-12-25(24)18-37)27-14-13-23(16-22(27)2)30-33-26(21-41-30)31(40)34(3)4/h8-9,11-14,16,21H,6-7,10,15,17-20H2,1-5H3,(H,32,38). The number of benzene rings is 2. The van der Waals surface area contributed by atoms with Crippen molar-refractivity contribution in [3.05, 3.63) is 70.2 Å². The summed E-state index contributed by atoms with van der Waals surface area (Å²) in [6, 6.07) is 14.1. The van der Waals surface area contributed by atoms with Crippen LogP contribution in [0.3, 0.4) is 0 Å². The topological polar surface area (TPSA) is 89.1 Å². The number of fused-ring (bicyclic) bond motifs is 1. The molecule has 1 N–H and O–H groups in total. The van der Waals surface area contributed by atoms with E-state index in [1.165, 1.54) is 27.4 Å². The first kappa shape index (κ1) is 30.2. The maximum atomic E-state index is 13.5. The highest BCUT2D eigenvalue weighted by Gasteiger charge is 2.27.